The normalized spacial score (nSPS) is 17.2. The Kier molecular flexibility index (Phi) is 4.42. The Morgan fingerprint density at radius 1 is 1.07 bits per heavy atom. The van der Waals surface area contributed by atoms with Crippen LogP contribution in [0.2, 0.25) is 0 Å². The highest BCUT2D eigenvalue weighted by Crippen LogP contribution is 2.46. The van der Waals surface area contributed by atoms with Crippen molar-refractivity contribution in [2.24, 2.45) is 0 Å². The molecule has 0 unspecified atom stereocenters. The summed E-state index contributed by atoms with van der Waals surface area (Å²) in [6, 6.07) is 11.6. The fraction of sp³-hybridized carbons (Fsp3) is 0.360. The van der Waals surface area contributed by atoms with Gasteiger partial charge in [-0.2, -0.15) is 0 Å². The van der Waals surface area contributed by atoms with Gasteiger partial charge in [0.2, 0.25) is 0 Å². The van der Waals surface area contributed by atoms with Gasteiger partial charge in [-0.15, -0.1) is 0 Å². The Morgan fingerprint density at radius 2 is 1.80 bits per heavy atom. The molecule has 0 atom stereocenters. The van der Waals surface area contributed by atoms with Gasteiger partial charge in [0.05, 0.1) is 12.0 Å². The maximum Gasteiger partial charge on any atom is 0.287 e. The van der Waals surface area contributed by atoms with E-state index < -0.39 is 0 Å². The lowest BCUT2D eigenvalue weighted by molar-refractivity contribution is 0.0454. The third kappa shape index (κ3) is 3.09. The van der Waals surface area contributed by atoms with E-state index in [0.29, 0.717) is 40.8 Å². The quantitative estimate of drug-likeness (QED) is 0.648. The van der Waals surface area contributed by atoms with Gasteiger partial charge >= 0.3 is 0 Å². The number of nitrogens with one attached hydrogen (secondary N) is 1. The first kappa shape index (κ1) is 18.9. The lowest BCUT2D eigenvalue weighted by Crippen LogP contribution is -2.39. The van der Waals surface area contributed by atoms with Crippen LogP contribution in [0.1, 0.15) is 69.7 Å². The molecule has 1 aliphatic heterocycles. The van der Waals surface area contributed by atoms with E-state index in [9.17, 15) is 9.59 Å². The summed E-state index contributed by atoms with van der Waals surface area (Å²) in [6.45, 7) is 4.28. The van der Waals surface area contributed by atoms with Crippen LogP contribution in [0.4, 0.5) is 0 Å². The molecule has 30 heavy (non-hydrogen) atoms. The lowest BCUT2D eigenvalue weighted by Gasteiger charge is -2.34. The molecule has 1 aliphatic carbocycles. The van der Waals surface area contributed by atoms with E-state index in [1.165, 1.54) is 5.56 Å². The van der Waals surface area contributed by atoms with E-state index in [2.05, 4.69) is 5.32 Å². The number of carbonyl (C=O) groups is 2. The van der Waals surface area contributed by atoms with Crippen molar-refractivity contribution in [1.82, 2.24) is 5.32 Å². The first-order chi connectivity index (χ1) is 14.5. The second-order valence-electron chi connectivity index (χ2n) is 8.63. The maximum absolute atomic E-state index is 13.1. The molecule has 2 aromatic carbocycles. The molecule has 1 fully saturated rings. The minimum absolute atomic E-state index is 0.0827. The molecular weight excluding hydrogens is 378 g/mol. The summed E-state index contributed by atoms with van der Waals surface area (Å²) in [7, 11) is 0. The number of ether oxygens (including phenoxy) is 1. The molecular formula is C25H25NO4. The topological polar surface area (TPSA) is 68.5 Å². The van der Waals surface area contributed by atoms with Crippen LogP contribution in [-0.2, 0) is 6.54 Å². The van der Waals surface area contributed by atoms with Gasteiger partial charge in [0.15, 0.2) is 11.5 Å². The number of fused-ring (bicyclic) bond motifs is 3. The maximum atomic E-state index is 13.1. The zero-order valence-corrected chi connectivity index (χ0v) is 17.3. The van der Waals surface area contributed by atoms with Crippen LogP contribution in [0, 0.1) is 13.8 Å². The summed E-state index contributed by atoms with van der Waals surface area (Å²) < 4.78 is 12.2. The molecule has 3 aromatic rings. The molecule has 2 aliphatic rings. The van der Waals surface area contributed by atoms with Crippen molar-refractivity contribution in [2.45, 2.75) is 58.1 Å². The smallest absolute Gasteiger partial charge is 0.287 e. The van der Waals surface area contributed by atoms with Crippen LogP contribution < -0.4 is 10.1 Å². The molecule has 0 saturated heterocycles. The number of hydrogen-bond donors (Lipinski definition) is 1. The number of amides is 1. The lowest BCUT2D eigenvalue weighted by atomic mass is 9.87. The van der Waals surface area contributed by atoms with Gasteiger partial charge in [-0.25, -0.2) is 0 Å². The summed E-state index contributed by atoms with van der Waals surface area (Å²) in [5, 5.41) is 3.62. The zero-order chi connectivity index (χ0) is 20.9. The Labute approximate surface area is 175 Å². The number of aryl methyl sites for hydroxylation is 2. The highest BCUT2D eigenvalue weighted by atomic mass is 16.5. The molecule has 5 nitrogen and oxygen atoms in total. The Morgan fingerprint density at radius 3 is 2.53 bits per heavy atom. The predicted octanol–water partition coefficient (Wildman–Crippen LogP) is 5.26. The fourth-order valence-electron chi connectivity index (χ4n) is 4.82. The molecule has 1 aromatic heterocycles. The van der Waals surface area contributed by atoms with Gasteiger partial charge in [-0.1, -0.05) is 29.8 Å². The van der Waals surface area contributed by atoms with Crippen LogP contribution in [0.15, 0.2) is 40.8 Å². The van der Waals surface area contributed by atoms with Gasteiger partial charge in [0, 0.05) is 17.5 Å². The molecule has 0 bridgehead atoms. The standard InChI is InChI=1S/C25H25NO4/c1-15-5-7-17(8-6-15)14-26-24(28)23-16(2)21-19(29-23)9-10-20-22(21)18(27)13-25(30-20)11-3-4-12-25/h5-10H,3-4,11-14H2,1-2H3,(H,26,28). The van der Waals surface area contributed by atoms with Crippen molar-refractivity contribution in [2.75, 3.05) is 0 Å². The van der Waals surface area contributed by atoms with E-state index >= 15 is 0 Å². The second-order valence-corrected chi connectivity index (χ2v) is 8.63. The molecule has 1 spiro atoms. The molecule has 0 radical (unpaired) electrons. The number of carbonyl (C=O) groups excluding carboxylic acids is 2. The van der Waals surface area contributed by atoms with Crippen LogP contribution in [0.25, 0.3) is 11.0 Å². The molecule has 2 heterocycles. The molecule has 1 amide bonds. The zero-order valence-electron chi connectivity index (χ0n) is 17.3. The minimum atomic E-state index is -0.344. The highest BCUT2D eigenvalue weighted by Gasteiger charge is 2.43. The third-order valence-electron chi connectivity index (χ3n) is 6.44. The molecule has 1 saturated carbocycles. The fourth-order valence-corrected chi connectivity index (χ4v) is 4.82. The van der Waals surface area contributed by atoms with Crippen molar-refractivity contribution in [3.8, 4) is 5.75 Å². The Balaban J connectivity index is 1.46. The number of Topliss-reactive ketones (excluding diaryl/α,β-unsaturated/α-hetero) is 1. The van der Waals surface area contributed by atoms with Gasteiger partial charge in [-0.3, -0.25) is 9.59 Å². The van der Waals surface area contributed by atoms with E-state index in [4.69, 9.17) is 9.15 Å². The van der Waals surface area contributed by atoms with Gasteiger partial charge in [-0.05, 0) is 57.2 Å². The Hall–Kier alpha value is -3.08. The van der Waals surface area contributed by atoms with Gasteiger partial charge < -0.3 is 14.5 Å². The summed E-state index contributed by atoms with van der Waals surface area (Å²) in [4.78, 5) is 25.9. The van der Waals surface area contributed by atoms with E-state index in [1.54, 1.807) is 6.07 Å². The van der Waals surface area contributed by atoms with E-state index in [1.807, 2.05) is 44.2 Å². The van der Waals surface area contributed by atoms with Crippen molar-refractivity contribution < 1.29 is 18.7 Å². The first-order valence-electron chi connectivity index (χ1n) is 10.6. The number of furan rings is 1. The highest BCUT2D eigenvalue weighted by molar-refractivity contribution is 6.13. The largest absolute Gasteiger partial charge is 0.486 e. The number of rotatable bonds is 3. The van der Waals surface area contributed by atoms with Gasteiger partial charge in [0.25, 0.3) is 5.91 Å². The summed E-state index contributed by atoms with van der Waals surface area (Å²) in [5.74, 6) is 0.671. The average Bonchev–Trinajstić information content (AvgIpc) is 3.31. The predicted molar refractivity (Wildman–Crippen MR) is 114 cm³/mol. The van der Waals surface area contributed by atoms with Crippen molar-refractivity contribution in [3.05, 3.63) is 64.4 Å². The SMILES string of the molecule is Cc1ccc(CNC(=O)c2oc3ccc4c(c3c2C)C(=O)CC2(CCCC2)O4)cc1. The average molecular weight is 403 g/mol. The van der Waals surface area contributed by atoms with Crippen molar-refractivity contribution in [3.63, 3.8) is 0 Å². The molecule has 154 valence electrons. The Bertz CT molecular complexity index is 1150. The summed E-state index contributed by atoms with van der Waals surface area (Å²) in [6.07, 6.45) is 4.45. The summed E-state index contributed by atoms with van der Waals surface area (Å²) >= 11 is 0. The number of hydrogen-bond acceptors (Lipinski definition) is 4. The van der Waals surface area contributed by atoms with Crippen molar-refractivity contribution >= 4 is 22.7 Å². The first-order valence-corrected chi connectivity index (χ1v) is 10.6. The number of benzene rings is 2. The van der Waals surface area contributed by atoms with Crippen LogP contribution in [0.5, 0.6) is 5.75 Å². The molecule has 1 N–H and O–H groups in total. The van der Waals surface area contributed by atoms with Crippen LogP contribution in [-0.4, -0.2) is 17.3 Å². The summed E-state index contributed by atoms with van der Waals surface area (Å²) in [5.41, 5.74) is 3.64. The van der Waals surface area contributed by atoms with Crippen LogP contribution >= 0.6 is 0 Å². The molecule has 5 heteroatoms. The number of ketones is 1. The van der Waals surface area contributed by atoms with Gasteiger partial charge in [0.1, 0.15) is 16.9 Å². The monoisotopic (exact) mass is 403 g/mol. The van der Waals surface area contributed by atoms with Crippen LogP contribution in [0.3, 0.4) is 0 Å². The van der Waals surface area contributed by atoms with E-state index in [0.717, 1.165) is 31.2 Å². The molecule has 5 rings (SSSR count). The minimum Gasteiger partial charge on any atom is -0.486 e. The van der Waals surface area contributed by atoms with Crippen molar-refractivity contribution in [1.29, 1.82) is 0 Å². The second kappa shape index (κ2) is 7.01. The third-order valence-corrected chi connectivity index (χ3v) is 6.44. The van der Waals surface area contributed by atoms with E-state index in [-0.39, 0.29) is 23.1 Å².